The maximum atomic E-state index is 12.8. The molecule has 2 N–H and O–H groups in total. The van der Waals surface area contributed by atoms with Crippen LogP contribution >= 0.6 is 15.9 Å². The minimum absolute atomic E-state index is 0.232. The molecule has 0 bridgehead atoms. The molecule has 0 aromatic heterocycles. The van der Waals surface area contributed by atoms with Crippen molar-refractivity contribution in [2.45, 2.75) is 32.4 Å². The van der Waals surface area contributed by atoms with Gasteiger partial charge in [0.25, 0.3) is 0 Å². The molecule has 1 aromatic rings. The molecule has 1 rings (SSSR count). The van der Waals surface area contributed by atoms with Crippen LogP contribution in [0, 0.1) is 5.82 Å². The first-order valence-corrected chi connectivity index (χ1v) is 6.25. The van der Waals surface area contributed by atoms with Gasteiger partial charge < -0.3 is 10.4 Å². The highest BCUT2D eigenvalue weighted by Gasteiger charge is 2.02. The number of halogens is 2. The summed E-state index contributed by atoms with van der Waals surface area (Å²) in [7, 11) is 0. The summed E-state index contributed by atoms with van der Waals surface area (Å²) < 4.78 is 13.6. The van der Waals surface area contributed by atoms with Crippen LogP contribution < -0.4 is 5.32 Å². The van der Waals surface area contributed by atoms with Crippen LogP contribution in [0.25, 0.3) is 0 Å². The maximum Gasteiger partial charge on any atom is 0.124 e. The molecule has 0 spiro atoms. The van der Waals surface area contributed by atoms with Gasteiger partial charge >= 0.3 is 0 Å². The van der Waals surface area contributed by atoms with Gasteiger partial charge in [0.1, 0.15) is 5.82 Å². The second-order valence-electron chi connectivity index (χ2n) is 3.76. The number of benzene rings is 1. The highest BCUT2D eigenvalue weighted by molar-refractivity contribution is 9.10. The van der Waals surface area contributed by atoms with Gasteiger partial charge in [-0.25, -0.2) is 4.39 Å². The molecular formula is C12H17BrFNO. The standard InChI is InChI=1S/C12H17BrFNO/c1-2-11(16)5-6-15-8-9-3-4-10(14)7-12(9)13/h3-4,7,11,15-16H,2,5-6,8H2,1H3. The summed E-state index contributed by atoms with van der Waals surface area (Å²) in [5.74, 6) is -0.239. The molecule has 90 valence electrons. The van der Waals surface area contributed by atoms with Crippen LogP contribution in [-0.2, 0) is 6.54 Å². The molecule has 1 aromatic carbocycles. The van der Waals surface area contributed by atoms with Gasteiger partial charge in [-0.2, -0.15) is 0 Å². The molecule has 0 aliphatic carbocycles. The second kappa shape index (κ2) is 6.99. The van der Waals surface area contributed by atoms with Gasteiger partial charge in [-0.15, -0.1) is 0 Å². The summed E-state index contributed by atoms with van der Waals surface area (Å²) in [6.07, 6.45) is 1.29. The lowest BCUT2D eigenvalue weighted by molar-refractivity contribution is 0.159. The van der Waals surface area contributed by atoms with Gasteiger partial charge in [0.2, 0.25) is 0 Å². The molecule has 2 nitrogen and oxygen atoms in total. The third kappa shape index (κ3) is 4.60. The number of rotatable bonds is 6. The van der Waals surface area contributed by atoms with Crippen LogP contribution in [0.4, 0.5) is 4.39 Å². The summed E-state index contributed by atoms with van der Waals surface area (Å²) in [6, 6.07) is 4.66. The second-order valence-corrected chi connectivity index (χ2v) is 4.62. The minimum atomic E-state index is -0.239. The molecule has 16 heavy (non-hydrogen) atoms. The predicted octanol–water partition coefficient (Wildman–Crippen LogP) is 2.84. The fraction of sp³-hybridized carbons (Fsp3) is 0.500. The Balaban J connectivity index is 2.32. The zero-order valence-corrected chi connectivity index (χ0v) is 10.9. The van der Waals surface area contributed by atoms with Crippen LogP contribution in [0.1, 0.15) is 25.3 Å². The Kier molecular flexibility index (Phi) is 5.95. The van der Waals surface area contributed by atoms with Gasteiger partial charge in [0.15, 0.2) is 0 Å². The van der Waals surface area contributed by atoms with E-state index in [0.717, 1.165) is 29.4 Å². The molecule has 4 heteroatoms. The van der Waals surface area contributed by atoms with E-state index in [1.807, 2.05) is 6.92 Å². The van der Waals surface area contributed by atoms with Crippen molar-refractivity contribution in [2.24, 2.45) is 0 Å². The van der Waals surface area contributed by atoms with E-state index >= 15 is 0 Å². The first kappa shape index (κ1) is 13.6. The van der Waals surface area contributed by atoms with Crippen molar-refractivity contribution in [3.63, 3.8) is 0 Å². The average molecular weight is 290 g/mol. The summed E-state index contributed by atoms with van der Waals surface area (Å²) in [4.78, 5) is 0. The Hall–Kier alpha value is -0.450. The van der Waals surface area contributed by atoms with Crippen molar-refractivity contribution >= 4 is 15.9 Å². The van der Waals surface area contributed by atoms with Crippen LogP contribution in [0.2, 0.25) is 0 Å². The number of nitrogens with one attached hydrogen (secondary N) is 1. The van der Waals surface area contributed by atoms with Crippen LogP contribution in [0.15, 0.2) is 22.7 Å². The van der Waals surface area contributed by atoms with Crippen molar-refractivity contribution in [3.05, 3.63) is 34.1 Å². The quantitative estimate of drug-likeness (QED) is 0.790. The number of hydrogen-bond acceptors (Lipinski definition) is 2. The lowest BCUT2D eigenvalue weighted by atomic mass is 10.2. The van der Waals surface area contributed by atoms with Crippen LogP contribution in [0.5, 0.6) is 0 Å². The molecule has 0 fully saturated rings. The van der Waals surface area contributed by atoms with Crippen LogP contribution in [0.3, 0.4) is 0 Å². The first-order valence-electron chi connectivity index (χ1n) is 5.46. The molecule has 0 radical (unpaired) electrons. The van der Waals surface area contributed by atoms with E-state index in [9.17, 15) is 9.50 Å². The van der Waals surface area contributed by atoms with Crippen molar-refractivity contribution in [1.29, 1.82) is 0 Å². The van der Waals surface area contributed by atoms with Gasteiger partial charge in [0.05, 0.1) is 6.10 Å². The van der Waals surface area contributed by atoms with Crippen molar-refractivity contribution in [3.8, 4) is 0 Å². The maximum absolute atomic E-state index is 12.8. The van der Waals surface area contributed by atoms with E-state index in [0.29, 0.717) is 6.54 Å². The Labute approximate surface area is 104 Å². The highest BCUT2D eigenvalue weighted by Crippen LogP contribution is 2.17. The Morgan fingerprint density at radius 2 is 2.25 bits per heavy atom. The fourth-order valence-corrected chi connectivity index (χ4v) is 1.85. The van der Waals surface area contributed by atoms with Crippen molar-refractivity contribution < 1.29 is 9.50 Å². The van der Waals surface area contributed by atoms with E-state index in [4.69, 9.17) is 0 Å². The van der Waals surface area contributed by atoms with E-state index < -0.39 is 0 Å². The molecule has 0 saturated carbocycles. The lowest BCUT2D eigenvalue weighted by Gasteiger charge is -2.09. The van der Waals surface area contributed by atoms with E-state index in [1.165, 1.54) is 12.1 Å². The largest absolute Gasteiger partial charge is 0.393 e. The van der Waals surface area contributed by atoms with Crippen LogP contribution in [-0.4, -0.2) is 17.8 Å². The molecule has 0 saturated heterocycles. The minimum Gasteiger partial charge on any atom is -0.393 e. The molecule has 0 aliphatic rings. The number of hydrogen-bond donors (Lipinski definition) is 2. The summed E-state index contributed by atoms with van der Waals surface area (Å²) in [6.45, 7) is 3.40. The van der Waals surface area contributed by atoms with E-state index in [-0.39, 0.29) is 11.9 Å². The highest BCUT2D eigenvalue weighted by atomic mass is 79.9. The normalized spacial score (nSPS) is 12.8. The SMILES string of the molecule is CCC(O)CCNCc1ccc(F)cc1Br. The molecule has 0 amide bonds. The molecular weight excluding hydrogens is 273 g/mol. The van der Waals surface area contributed by atoms with E-state index in [1.54, 1.807) is 6.07 Å². The smallest absolute Gasteiger partial charge is 0.124 e. The Morgan fingerprint density at radius 3 is 2.88 bits per heavy atom. The van der Waals surface area contributed by atoms with Gasteiger partial charge in [-0.3, -0.25) is 0 Å². The van der Waals surface area contributed by atoms with Gasteiger partial charge in [-0.1, -0.05) is 28.9 Å². The third-order valence-electron chi connectivity index (χ3n) is 2.46. The lowest BCUT2D eigenvalue weighted by Crippen LogP contribution is -2.19. The third-order valence-corrected chi connectivity index (χ3v) is 3.19. The number of aliphatic hydroxyl groups is 1. The average Bonchev–Trinajstić information content (AvgIpc) is 2.26. The zero-order chi connectivity index (χ0) is 12.0. The topological polar surface area (TPSA) is 32.3 Å². The van der Waals surface area contributed by atoms with E-state index in [2.05, 4.69) is 21.2 Å². The Morgan fingerprint density at radius 1 is 1.50 bits per heavy atom. The van der Waals surface area contributed by atoms with Gasteiger partial charge in [0, 0.05) is 11.0 Å². The Bertz CT molecular complexity index is 333. The molecule has 1 atom stereocenters. The zero-order valence-electron chi connectivity index (χ0n) is 9.34. The summed E-state index contributed by atoms with van der Waals surface area (Å²) in [5.41, 5.74) is 1.02. The first-order chi connectivity index (χ1) is 7.63. The molecule has 0 heterocycles. The predicted molar refractivity (Wildman–Crippen MR) is 66.7 cm³/mol. The van der Waals surface area contributed by atoms with Crippen molar-refractivity contribution in [1.82, 2.24) is 5.32 Å². The monoisotopic (exact) mass is 289 g/mol. The summed E-state index contributed by atoms with van der Waals surface area (Å²) in [5, 5.41) is 12.6. The number of aliphatic hydroxyl groups excluding tert-OH is 1. The molecule has 1 unspecified atom stereocenters. The molecule has 0 aliphatic heterocycles. The fourth-order valence-electron chi connectivity index (χ4n) is 1.36. The summed E-state index contributed by atoms with van der Waals surface area (Å²) >= 11 is 3.31. The van der Waals surface area contributed by atoms with Gasteiger partial charge in [-0.05, 0) is 37.1 Å². The van der Waals surface area contributed by atoms with Crippen molar-refractivity contribution in [2.75, 3.05) is 6.54 Å².